The molecule has 7 aromatic rings. The van der Waals surface area contributed by atoms with Crippen LogP contribution in [0.4, 0.5) is 11.6 Å². The van der Waals surface area contributed by atoms with Crippen LogP contribution in [-0.4, -0.2) is 177 Å². The van der Waals surface area contributed by atoms with Gasteiger partial charge in [0.2, 0.25) is 17.3 Å². The third-order valence-electron chi connectivity index (χ3n) is 15.7. The predicted molar refractivity (Wildman–Crippen MR) is 337 cm³/mol. The molecule has 0 unspecified atom stereocenters. The fraction of sp³-hybridized carbons (Fsp3) is 0.448. The van der Waals surface area contributed by atoms with Gasteiger partial charge in [-0.3, -0.25) is 46.0 Å². The summed E-state index contributed by atoms with van der Waals surface area (Å²) in [5.41, 5.74) is 2.09. The van der Waals surface area contributed by atoms with Crippen LogP contribution in [0.5, 0.6) is 0 Å². The molecule has 35 nitrogen and oxygen atoms in total. The van der Waals surface area contributed by atoms with Gasteiger partial charge in [-0.2, -0.15) is 45.8 Å². The Hall–Kier alpha value is -8.69. The number of allylic oxidation sites excluding steroid dienone is 2. The van der Waals surface area contributed by atoms with Crippen LogP contribution in [-0.2, 0) is 75.1 Å². The summed E-state index contributed by atoms with van der Waals surface area (Å²) in [5, 5.41) is 83.1. The lowest BCUT2D eigenvalue weighted by molar-refractivity contribution is 0.0735. The van der Waals surface area contributed by atoms with Gasteiger partial charge in [-0.25, -0.2) is 45.3 Å². The second-order valence-electron chi connectivity index (χ2n) is 23.4. The van der Waals surface area contributed by atoms with Crippen molar-refractivity contribution in [2.24, 2.45) is 39.1 Å². The van der Waals surface area contributed by atoms with Crippen molar-refractivity contribution in [3.05, 3.63) is 156 Å². The molecule has 3 aliphatic rings. The number of aliphatic hydroxyl groups is 4. The zero-order valence-corrected chi connectivity index (χ0v) is 54.6. The van der Waals surface area contributed by atoms with Crippen molar-refractivity contribution < 1.29 is 72.6 Å². The van der Waals surface area contributed by atoms with Crippen molar-refractivity contribution in [2.75, 3.05) is 30.5 Å². The van der Waals surface area contributed by atoms with Gasteiger partial charge in [-0.1, -0.05) is 18.2 Å². The molecule has 0 bridgehead atoms. The molecule has 0 saturated heterocycles. The van der Waals surface area contributed by atoms with E-state index in [-0.39, 0.29) is 90.2 Å². The number of nitrogens with zero attached hydrogens (tertiary/aromatic N) is 14. The van der Waals surface area contributed by atoms with Crippen LogP contribution in [0.2, 0.25) is 0 Å². The van der Waals surface area contributed by atoms with E-state index < -0.39 is 78.2 Å². The number of rotatable bonds is 27. The minimum Gasteiger partial charge on any atom is -0.393 e. The number of aliphatic hydroxyl groups excluding tert-OH is 3. The van der Waals surface area contributed by atoms with E-state index in [0.29, 0.717) is 86.4 Å². The van der Waals surface area contributed by atoms with Crippen LogP contribution >= 0.6 is 0 Å². The molecule has 0 spiro atoms. The SMILES string of the molecule is C/C=C/Cn1ccc(C(=O)c2cncnc2C[C@@H]2C[C@H](COS(N)(=O)=O)[C@@H](O)C2)n1.CC(C)(O)c1cccc(Cn2ccc(C(=O)c3cncnc3N[C@@H]3C[C@H](COS(N)(=O)=O)[C@@H](O)C3)n2)n1.N#CCn1ccc(C(=O)c2cncnc2N[C@@H]2C[C@H](COS(N)(=O)=O)[C@@H](O)C2)n1. The molecule has 12 N–H and O–H groups in total. The summed E-state index contributed by atoms with van der Waals surface area (Å²) in [6.45, 7) is 5.47. The van der Waals surface area contributed by atoms with E-state index in [0.717, 1.165) is 0 Å². The van der Waals surface area contributed by atoms with Gasteiger partial charge in [0.25, 0.3) is 0 Å². The second kappa shape index (κ2) is 32.4. The van der Waals surface area contributed by atoms with Gasteiger partial charge in [0, 0.05) is 67.0 Å². The molecular weight excluding hydrogens is 1310 g/mol. The van der Waals surface area contributed by atoms with Crippen molar-refractivity contribution in [1.82, 2.24) is 64.2 Å². The van der Waals surface area contributed by atoms with Crippen LogP contribution in [0, 0.1) is 35.0 Å². The normalized spacial score (nSPS) is 21.2. The number of hydrogen-bond acceptors (Lipinski definition) is 29. The number of aromatic nitrogens is 13. The maximum absolute atomic E-state index is 13.2. The Balaban J connectivity index is 0.000000186. The van der Waals surface area contributed by atoms with E-state index in [1.165, 1.54) is 54.5 Å². The molecule has 3 aliphatic carbocycles. The lowest BCUT2D eigenvalue weighted by Gasteiger charge is -2.17. The summed E-state index contributed by atoms with van der Waals surface area (Å²) in [6, 6.07) is 11.5. The molecule has 7 aromatic heterocycles. The summed E-state index contributed by atoms with van der Waals surface area (Å²) in [6.07, 6.45) is 17.5. The van der Waals surface area contributed by atoms with Crippen molar-refractivity contribution in [3.63, 3.8) is 0 Å². The zero-order valence-electron chi connectivity index (χ0n) is 52.1. The zero-order chi connectivity index (χ0) is 69.5. The van der Waals surface area contributed by atoms with Gasteiger partial charge < -0.3 is 31.1 Å². The van der Waals surface area contributed by atoms with Gasteiger partial charge in [0.05, 0.1) is 91.1 Å². The number of anilines is 2. The van der Waals surface area contributed by atoms with Gasteiger partial charge in [-0.15, -0.1) is 0 Å². The third-order valence-corrected chi connectivity index (χ3v) is 17.1. The van der Waals surface area contributed by atoms with Gasteiger partial charge in [0.15, 0.2) is 0 Å². The summed E-state index contributed by atoms with van der Waals surface area (Å²) in [7, 11) is -12.2. The van der Waals surface area contributed by atoms with E-state index in [1.54, 1.807) is 59.9 Å². The predicted octanol–water partition coefficient (Wildman–Crippen LogP) is 0.175. The summed E-state index contributed by atoms with van der Waals surface area (Å²) in [4.78, 5) is 67.8. The molecule has 10 rings (SSSR count). The van der Waals surface area contributed by atoms with Crippen LogP contribution in [0.1, 0.15) is 125 Å². The molecule has 9 atom stereocenters. The van der Waals surface area contributed by atoms with Crippen molar-refractivity contribution in [2.45, 2.75) is 121 Å². The van der Waals surface area contributed by atoms with Crippen LogP contribution in [0.3, 0.4) is 0 Å². The van der Waals surface area contributed by atoms with Crippen LogP contribution < -0.4 is 26.1 Å². The Morgan fingerprint density at radius 3 is 1.58 bits per heavy atom. The molecule has 0 aliphatic heterocycles. The number of pyridine rings is 1. The monoisotopic (exact) mass is 1390 g/mol. The lowest BCUT2D eigenvalue weighted by Crippen LogP contribution is -2.24. The summed E-state index contributed by atoms with van der Waals surface area (Å²) in [5.74, 6) is -1.75. The number of nitrogens with one attached hydrogen (secondary N) is 2. The molecule has 0 aromatic carbocycles. The molecule has 3 fully saturated rings. The Bertz CT molecular complexity index is 4270. The van der Waals surface area contributed by atoms with Crippen molar-refractivity contribution in [3.8, 4) is 6.07 Å². The molecular formula is C58H73N19O16S3. The Labute approximate surface area is 552 Å². The number of nitriles is 1. The van der Waals surface area contributed by atoms with Gasteiger partial charge >= 0.3 is 30.9 Å². The average molecular weight is 1390 g/mol. The molecule has 0 radical (unpaired) electrons. The Morgan fingerprint density at radius 2 is 1.08 bits per heavy atom. The van der Waals surface area contributed by atoms with Crippen molar-refractivity contribution in [1.29, 1.82) is 5.26 Å². The molecule has 514 valence electrons. The average Bonchev–Trinajstić information content (AvgIpc) is 1.64. The van der Waals surface area contributed by atoms with E-state index >= 15 is 0 Å². The maximum atomic E-state index is 13.2. The highest BCUT2D eigenvalue weighted by molar-refractivity contribution is 7.84. The number of carbonyl (C=O) groups excluding carboxylic acids is 3. The topological polar surface area (TPSA) is 532 Å². The standard InChI is InChI=1S/C23H29N7O6S.C19H25N5O5S.C16H19N7O5S/c1-23(2,33)20-5-3-4-15(27-20)11-30-7-6-18(29-30)21(32)17-10-25-13-26-22(17)28-16-8-14(19(31)9-16)12-36-37(24,34)35;1-2-3-5-24-6-4-16(23-24)19(26)15-10-21-12-22-17(15)8-13-7-14(18(25)9-13)11-29-30(20,27)28;17-2-4-23-3-1-13(22-23)15(25)12-7-19-9-20-16(12)21-11-5-10(14(24)6-11)8-28-29(18,26)27/h3-7,10,13-14,16,19,31,33H,8-9,11-12H2,1-2H3,(H2,24,34,35)(H,25,26,28);2-4,6,10,12-14,18,25H,5,7-9,11H2,1H3,(H2,20,27,28);1,3,7,9-11,14,24H,4-6,8H2,(H2,18,26,27)(H,19,20,21)/b;3-2+;/t14-,16-,19+;13-,14+,18-;10-,11-,14+/m101/s1. The smallest absolute Gasteiger partial charge is 0.333 e. The quantitative estimate of drug-likeness (QED) is 0.0245. The highest BCUT2D eigenvalue weighted by atomic mass is 32.2. The number of carbonyl (C=O) groups is 3. The first-order chi connectivity index (χ1) is 45.4. The molecule has 38 heteroatoms. The first kappa shape index (κ1) is 73.1. The molecule has 0 amide bonds. The first-order valence-electron chi connectivity index (χ1n) is 29.8. The third kappa shape index (κ3) is 21.4. The first-order valence-corrected chi connectivity index (χ1v) is 34.2. The molecule has 7 heterocycles. The largest absolute Gasteiger partial charge is 0.393 e. The highest BCUT2D eigenvalue weighted by Crippen LogP contribution is 2.35. The fourth-order valence-electron chi connectivity index (χ4n) is 11.0. The molecule has 96 heavy (non-hydrogen) atoms. The van der Waals surface area contributed by atoms with E-state index in [1.807, 2.05) is 31.2 Å². The Morgan fingerprint density at radius 1 is 0.635 bits per heavy atom. The van der Waals surface area contributed by atoms with Gasteiger partial charge in [0.1, 0.15) is 59.8 Å². The van der Waals surface area contributed by atoms with Crippen LogP contribution in [0.15, 0.2) is 105 Å². The second-order valence-corrected chi connectivity index (χ2v) is 27.1. The van der Waals surface area contributed by atoms with Gasteiger partial charge in [-0.05, 0) is 102 Å². The van der Waals surface area contributed by atoms with E-state index in [9.17, 15) is 60.1 Å². The highest BCUT2D eigenvalue weighted by Gasteiger charge is 2.38. The number of hydrogen-bond donors (Lipinski definition) is 9. The number of ketones is 3. The summed E-state index contributed by atoms with van der Waals surface area (Å²) >= 11 is 0. The van der Waals surface area contributed by atoms with E-state index in [2.05, 4.69) is 73.4 Å². The lowest BCUT2D eigenvalue weighted by atomic mass is 9.96. The minimum atomic E-state index is -4.11. The Kier molecular flexibility index (Phi) is 24.7. The van der Waals surface area contributed by atoms with E-state index in [4.69, 9.17) is 20.7 Å². The maximum Gasteiger partial charge on any atom is 0.333 e. The van der Waals surface area contributed by atoms with Crippen LogP contribution in [0.25, 0.3) is 0 Å². The summed E-state index contributed by atoms with van der Waals surface area (Å²) < 4.78 is 84.4. The molecule has 3 saturated carbocycles. The van der Waals surface area contributed by atoms with Crippen molar-refractivity contribution >= 4 is 59.9 Å². The fourth-order valence-corrected chi connectivity index (χ4v) is 12.1. The number of nitrogens with two attached hydrogens (primary N) is 3. The minimum absolute atomic E-state index is 0.0165.